The van der Waals surface area contributed by atoms with Crippen LogP contribution in [0.1, 0.15) is 42.8 Å². The minimum Gasteiger partial charge on any atom is -0.463 e. The minimum atomic E-state index is -0.457. The van der Waals surface area contributed by atoms with Gasteiger partial charge in [0.15, 0.2) is 0 Å². The van der Waals surface area contributed by atoms with E-state index in [1.54, 1.807) is 6.07 Å². The number of esters is 1. The summed E-state index contributed by atoms with van der Waals surface area (Å²) in [6, 6.07) is 1.76. The molecule has 0 aliphatic rings. The fourth-order valence-corrected chi connectivity index (χ4v) is 1.93. The fourth-order valence-electron chi connectivity index (χ4n) is 1.93. The van der Waals surface area contributed by atoms with Crippen molar-refractivity contribution < 1.29 is 19.1 Å². The lowest BCUT2D eigenvalue weighted by molar-refractivity contribution is 0.0563. The van der Waals surface area contributed by atoms with Crippen molar-refractivity contribution in [2.75, 3.05) is 20.3 Å². The molecule has 0 unspecified atom stereocenters. The van der Waals surface area contributed by atoms with Crippen LogP contribution >= 0.6 is 0 Å². The number of aliphatic hydroxyl groups excluding tert-OH is 1. The molecule has 1 heterocycles. The van der Waals surface area contributed by atoms with E-state index in [4.69, 9.17) is 9.52 Å². The summed E-state index contributed by atoms with van der Waals surface area (Å²) < 4.78 is 9.76. The zero-order valence-corrected chi connectivity index (χ0v) is 11.9. The van der Waals surface area contributed by atoms with Crippen molar-refractivity contribution in [3.05, 3.63) is 23.7 Å². The third-order valence-electron chi connectivity index (χ3n) is 3.05. The first kappa shape index (κ1) is 15.7. The van der Waals surface area contributed by atoms with E-state index < -0.39 is 5.97 Å². The molecule has 0 radical (unpaired) electrons. The average molecular weight is 269 g/mol. The van der Waals surface area contributed by atoms with Gasteiger partial charge in [0.05, 0.1) is 13.4 Å². The maximum absolute atomic E-state index is 11.4. The van der Waals surface area contributed by atoms with Crippen LogP contribution in [0.25, 0.3) is 0 Å². The van der Waals surface area contributed by atoms with Crippen LogP contribution in [0.5, 0.6) is 0 Å². The molecule has 0 fully saturated rings. The van der Waals surface area contributed by atoms with Gasteiger partial charge in [-0.2, -0.15) is 0 Å². The van der Waals surface area contributed by atoms with Gasteiger partial charge in [0, 0.05) is 25.3 Å². The van der Waals surface area contributed by atoms with Crippen LogP contribution in [0, 0.1) is 5.41 Å². The highest BCUT2D eigenvalue weighted by Gasteiger charge is 2.19. The van der Waals surface area contributed by atoms with Crippen molar-refractivity contribution in [2.45, 2.75) is 33.2 Å². The molecule has 5 nitrogen and oxygen atoms in total. The van der Waals surface area contributed by atoms with Gasteiger partial charge >= 0.3 is 5.97 Å². The molecule has 0 atom stereocenters. The first-order chi connectivity index (χ1) is 9.00. The Hall–Kier alpha value is -1.33. The average Bonchev–Trinajstić information content (AvgIpc) is 2.83. The van der Waals surface area contributed by atoms with Gasteiger partial charge in [-0.25, -0.2) is 4.79 Å². The summed E-state index contributed by atoms with van der Waals surface area (Å²) in [5.41, 5.74) is 0.905. The molecule has 2 N–H and O–H groups in total. The maximum atomic E-state index is 11.4. The number of nitrogens with one attached hydrogen (secondary N) is 1. The lowest BCUT2D eigenvalue weighted by atomic mass is 9.88. The first-order valence-corrected chi connectivity index (χ1v) is 6.46. The Morgan fingerprint density at radius 2 is 2.26 bits per heavy atom. The Labute approximate surface area is 113 Å². The van der Waals surface area contributed by atoms with Crippen LogP contribution in [0.2, 0.25) is 0 Å². The highest BCUT2D eigenvalue weighted by atomic mass is 16.5. The van der Waals surface area contributed by atoms with Crippen molar-refractivity contribution in [3.63, 3.8) is 0 Å². The van der Waals surface area contributed by atoms with E-state index in [1.807, 2.05) is 0 Å². The number of rotatable bonds is 8. The number of carbonyl (C=O) groups excluding carboxylic acids is 1. The predicted octanol–water partition coefficient (Wildman–Crippen LogP) is 1.95. The highest BCUT2D eigenvalue weighted by Crippen LogP contribution is 2.21. The van der Waals surface area contributed by atoms with Gasteiger partial charge in [0.25, 0.3) is 0 Å². The molecule has 0 saturated carbocycles. The molecule has 1 aromatic heterocycles. The Kier molecular flexibility index (Phi) is 6.05. The number of ether oxygens (including phenoxy) is 1. The highest BCUT2D eigenvalue weighted by molar-refractivity contribution is 5.87. The Morgan fingerprint density at radius 3 is 2.89 bits per heavy atom. The largest absolute Gasteiger partial charge is 0.463 e. The zero-order valence-electron chi connectivity index (χ0n) is 11.9. The summed E-state index contributed by atoms with van der Waals surface area (Å²) in [5.74, 6) is -0.204. The number of hydrogen-bond donors (Lipinski definition) is 2. The molecule has 0 amide bonds. The van der Waals surface area contributed by atoms with Gasteiger partial charge < -0.3 is 19.6 Å². The van der Waals surface area contributed by atoms with Crippen molar-refractivity contribution in [2.24, 2.45) is 5.41 Å². The van der Waals surface area contributed by atoms with Crippen molar-refractivity contribution in [1.29, 1.82) is 0 Å². The van der Waals surface area contributed by atoms with E-state index in [9.17, 15) is 4.79 Å². The number of hydrogen-bond acceptors (Lipinski definition) is 5. The fraction of sp³-hybridized carbons (Fsp3) is 0.643. The third kappa shape index (κ3) is 5.04. The van der Waals surface area contributed by atoms with Crippen LogP contribution in [-0.2, 0) is 11.3 Å². The zero-order chi connectivity index (χ0) is 14.3. The Morgan fingerprint density at radius 1 is 1.53 bits per heavy atom. The standard InChI is InChI=1S/C14H23NO4/c1-14(2,6-4-7-16)10-15-9-11-5-8-19-12(11)13(17)18-3/h5,8,15-16H,4,6-7,9-10H2,1-3H3. The molecular formula is C14H23NO4. The molecule has 0 aromatic carbocycles. The number of methoxy groups -OCH3 is 1. The third-order valence-corrected chi connectivity index (χ3v) is 3.05. The van der Waals surface area contributed by atoms with E-state index >= 15 is 0 Å². The second kappa shape index (κ2) is 7.31. The predicted molar refractivity (Wildman–Crippen MR) is 71.9 cm³/mol. The SMILES string of the molecule is COC(=O)c1occc1CNCC(C)(C)CCCO. The van der Waals surface area contributed by atoms with Crippen LogP contribution in [0.3, 0.4) is 0 Å². The molecule has 5 heteroatoms. The molecule has 1 rings (SSSR count). The maximum Gasteiger partial charge on any atom is 0.374 e. The second-order valence-electron chi connectivity index (χ2n) is 5.36. The molecule has 0 aliphatic carbocycles. The van der Waals surface area contributed by atoms with Crippen LogP contribution in [0.4, 0.5) is 0 Å². The van der Waals surface area contributed by atoms with Gasteiger partial charge in [-0.05, 0) is 24.3 Å². The lowest BCUT2D eigenvalue weighted by Gasteiger charge is -2.24. The van der Waals surface area contributed by atoms with E-state index in [-0.39, 0.29) is 17.8 Å². The van der Waals surface area contributed by atoms with Crippen molar-refractivity contribution in [3.8, 4) is 0 Å². The molecule has 1 aromatic rings. The molecule has 0 saturated heterocycles. The van der Waals surface area contributed by atoms with Gasteiger partial charge in [0.1, 0.15) is 0 Å². The molecular weight excluding hydrogens is 246 g/mol. The number of carbonyl (C=O) groups is 1. The summed E-state index contributed by atoms with van der Waals surface area (Å²) in [7, 11) is 1.33. The van der Waals surface area contributed by atoms with Gasteiger partial charge in [-0.1, -0.05) is 13.8 Å². The quantitative estimate of drug-likeness (QED) is 0.706. The number of furan rings is 1. The smallest absolute Gasteiger partial charge is 0.374 e. The van der Waals surface area contributed by atoms with E-state index in [0.29, 0.717) is 6.54 Å². The van der Waals surface area contributed by atoms with Crippen LogP contribution < -0.4 is 5.32 Å². The van der Waals surface area contributed by atoms with Gasteiger partial charge in [0.2, 0.25) is 5.76 Å². The second-order valence-corrected chi connectivity index (χ2v) is 5.36. The molecule has 19 heavy (non-hydrogen) atoms. The normalized spacial score (nSPS) is 11.6. The molecule has 0 spiro atoms. The van der Waals surface area contributed by atoms with Gasteiger partial charge in [-0.15, -0.1) is 0 Å². The van der Waals surface area contributed by atoms with Crippen LogP contribution in [0.15, 0.2) is 16.7 Å². The Bertz CT molecular complexity index is 398. The number of aliphatic hydroxyl groups is 1. The summed E-state index contributed by atoms with van der Waals surface area (Å²) in [5, 5.41) is 12.2. The van der Waals surface area contributed by atoms with Gasteiger partial charge in [-0.3, -0.25) is 0 Å². The van der Waals surface area contributed by atoms with E-state index in [1.165, 1.54) is 13.4 Å². The Balaban J connectivity index is 2.45. The van der Waals surface area contributed by atoms with Crippen molar-refractivity contribution in [1.82, 2.24) is 5.32 Å². The van der Waals surface area contributed by atoms with E-state index in [0.717, 1.165) is 24.9 Å². The van der Waals surface area contributed by atoms with E-state index in [2.05, 4.69) is 23.9 Å². The summed E-state index contributed by atoms with van der Waals surface area (Å²) in [6.07, 6.45) is 3.24. The molecule has 0 bridgehead atoms. The topological polar surface area (TPSA) is 71.7 Å². The monoisotopic (exact) mass is 269 g/mol. The summed E-state index contributed by atoms with van der Waals surface area (Å²) >= 11 is 0. The van der Waals surface area contributed by atoms with Crippen LogP contribution in [-0.4, -0.2) is 31.3 Å². The first-order valence-electron chi connectivity index (χ1n) is 6.46. The molecule has 0 aliphatic heterocycles. The summed E-state index contributed by atoms with van der Waals surface area (Å²) in [6.45, 7) is 5.87. The molecule has 108 valence electrons. The summed E-state index contributed by atoms with van der Waals surface area (Å²) in [4.78, 5) is 11.4. The van der Waals surface area contributed by atoms with Crippen molar-refractivity contribution >= 4 is 5.97 Å². The minimum absolute atomic E-state index is 0.109. The lowest BCUT2D eigenvalue weighted by Crippen LogP contribution is -2.29.